The van der Waals surface area contributed by atoms with Crippen molar-refractivity contribution >= 4 is 5.97 Å². The van der Waals surface area contributed by atoms with Crippen LogP contribution < -0.4 is 0 Å². The normalized spacial score (nSPS) is 28.5. The summed E-state index contributed by atoms with van der Waals surface area (Å²) in [6.45, 7) is 5.37. The molecule has 0 fully saturated rings. The highest BCUT2D eigenvalue weighted by atomic mass is 16.5. The van der Waals surface area contributed by atoms with E-state index in [0.717, 1.165) is 6.42 Å². The second-order valence-electron chi connectivity index (χ2n) is 2.70. The Morgan fingerprint density at radius 1 is 1.82 bits per heavy atom. The second kappa shape index (κ2) is 3.37. The van der Waals surface area contributed by atoms with Crippen molar-refractivity contribution in [2.24, 2.45) is 5.92 Å². The maximum atomic E-state index is 10.7. The van der Waals surface area contributed by atoms with Gasteiger partial charge in [0, 0.05) is 18.4 Å². The van der Waals surface area contributed by atoms with E-state index in [2.05, 4.69) is 12.7 Å². The number of esters is 1. The van der Waals surface area contributed by atoms with Gasteiger partial charge in [-0.3, -0.25) is 0 Å². The second-order valence-corrected chi connectivity index (χ2v) is 2.70. The van der Waals surface area contributed by atoms with Crippen LogP contribution >= 0.6 is 0 Å². The van der Waals surface area contributed by atoms with E-state index in [1.165, 1.54) is 6.08 Å². The molecule has 60 valence electrons. The van der Waals surface area contributed by atoms with E-state index in [0.29, 0.717) is 5.92 Å². The van der Waals surface area contributed by atoms with Gasteiger partial charge in [-0.15, -0.1) is 0 Å². The predicted octanol–water partition coefficient (Wildman–Crippen LogP) is 1.68. The number of ether oxygens (including phenoxy) is 1. The van der Waals surface area contributed by atoms with Gasteiger partial charge in [0.2, 0.25) is 0 Å². The Hall–Kier alpha value is -1.05. The lowest BCUT2D eigenvalue weighted by Gasteiger charge is -2.14. The Bertz CT molecular complexity index is 194. The van der Waals surface area contributed by atoms with Gasteiger partial charge in [0.05, 0.1) is 0 Å². The van der Waals surface area contributed by atoms with Gasteiger partial charge in [0.15, 0.2) is 0 Å². The number of rotatable bonds is 2. The molecule has 1 aliphatic carbocycles. The van der Waals surface area contributed by atoms with Crippen LogP contribution in [0.25, 0.3) is 0 Å². The van der Waals surface area contributed by atoms with Crippen LogP contribution in [-0.2, 0) is 9.53 Å². The van der Waals surface area contributed by atoms with Crippen LogP contribution in [0, 0.1) is 5.92 Å². The molecule has 0 aliphatic heterocycles. The molecule has 0 aromatic heterocycles. The van der Waals surface area contributed by atoms with E-state index >= 15 is 0 Å². The van der Waals surface area contributed by atoms with E-state index < -0.39 is 0 Å². The van der Waals surface area contributed by atoms with Gasteiger partial charge in [-0.2, -0.15) is 0 Å². The first-order chi connectivity index (χ1) is 5.24. The molecule has 0 amide bonds. The monoisotopic (exact) mass is 152 g/mol. The van der Waals surface area contributed by atoms with Crippen LogP contribution in [0.4, 0.5) is 0 Å². The van der Waals surface area contributed by atoms with Crippen molar-refractivity contribution < 1.29 is 9.53 Å². The van der Waals surface area contributed by atoms with E-state index in [1.54, 1.807) is 0 Å². The van der Waals surface area contributed by atoms with E-state index in [9.17, 15) is 4.79 Å². The summed E-state index contributed by atoms with van der Waals surface area (Å²) < 4.78 is 5.05. The fraction of sp³-hybridized carbons (Fsp3) is 0.444. The molecule has 11 heavy (non-hydrogen) atoms. The van der Waals surface area contributed by atoms with Crippen molar-refractivity contribution in [3.05, 3.63) is 24.8 Å². The quantitative estimate of drug-likeness (QED) is 0.342. The van der Waals surface area contributed by atoms with Gasteiger partial charge >= 0.3 is 5.97 Å². The minimum absolute atomic E-state index is 0.0282. The zero-order valence-corrected chi connectivity index (χ0v) is 6.62. The summed E-state index contributed by atoms with van der Waals surface area (Å²) in [5.74, 6) is 0.0180. The van der Waals surface area contributed by atoms with Crippen molar-refractivity contribution in [2.45, 2.75) is 19.4 Å². The standard InChI is InChI=1S/C9H12O2/c1-3-9(10)11-8-6-4-5-7(8)2/h3-5,7-8H,1,6H2,2H3. The maximum absolute atomic E-state index is 10.7. The first-order valence-corrected chi connectivity index (χ1v) is 3.73. The maximum Gasteiger partial charge on any atom is 0.330 e. The molecule has 2 nitrogen and oxygen atoms in total. The fourth-order valence-electron chi connectivity index (χ4n) is 1.12. The zero-order valence-electron chi connectivity index (χ0n) is 6.62. The van der Waals surface area contributed by atoms with Crippen molar-refractivity contribution in [1.82, 2.24) is 0 Å². The predicted molar refractivity (Wildman–Crippen MR) is 43.0 cm³/mol. The Morgan fingerprint density at radius 3 is 3.00 bits per heavy atom. The molecule has 0 spiro atoms. The minimum atomic E-state index is -0.328. The Balaban J connectivity index is 2.39. The summed E-state index contributed by atoms with van der Waals surface area (Å²) in [7, 11) is 0. The van der Waals surface area contributed by atoms with Crippen molar-refractivity contribution in [3.8, 4) is 0 Å². The zero-order chi connectivity index (χ0) is 8.27. The highest BCUT2D eigenvalue weighted by molar-refractivity contribution is 5.81. The number of carbonyl (C=O) groups excluding carboxylic acids is 1. The average molecular weight is 152 g/mol. The Labute approximate surface area is 66.5 Å². The molecule has 0 aromatic carbocycles. The molecule has 0 aromatic rings. The smallest absolute Gasteiger partial charge is 0.330 e. The highest BCUT2D eigenvalue weighted by Crippen LogP contribution is 2.20. The topological polar surface area (TPSA) is 26.3 Å². The van der Waals surface area contributed by atoms with Crippen LogP contribution in [-0.4, -0.2) is 12.1 Å². The summed E-state index contributed by atoms with van der Waals surface area (Å²) in [4.78, 5) is 10.7. The van der Waals surface area contributed by atoms with Crippen molar-refractivity contribution in [1.29, 1.82) is 0 Å². The van der Waals surface area contributed by atoms with Crippen LogP contribution in [0.5, 0.6) is 0 Å². The molecular formula is C9H12O2. The molecule has 1 aliphatic rings. The minimum Gasteiger partial charge on any atom is -0.458 e. The molecule has 0 radical (unpaired) electrons. The van der Waals surface area contributed by atoms with Gasteiger partial charge in [0.25, 0.3) is 0 Å². The average Bonchev–Trinajstić information content (AvgIpc) is 2.37. The van der Waals surface area contributed by atoms with Crippen LogP contribution in [0.1, 0.15) is 13.3 Å². The van der Waals surface area contributed by atoms with Crippen molar-refractivity contribution in [3.63, 3.8) is 0 Å². The molecule has 0 saturated carbocycles. The lowest BCUT2D eigenvalue weighted by Crippen LogP contribution is -2.19. The SMILES string of the molecule is C=CC(=O)OC1CC=CC1C. The molecule has 2 heteroatoms. The lowest BCUT2D eigenvalue weighted by molar-refractivity contribution is -0.143. The van der Waals surface area contributed by atoms with E-state index in [4.69, 9.17) is 4.74 Å². The molecule has 1 rings (SSSR count). The summed E-state index contributed by atoms with van der Waals surface area (Å²) in [5, 5.41) is 0. The summed E-state index contributed by atoms with van der Waals surface area (Å²) in [5.41, 5.74) is 0. The molecule has 0 saturated heterocycles. The summed E-state index contributed by atoms with van der Waals surface area (Å²) >= 11 is 0. The van der Waals surface area contributed by atoms with Gasteiger partial charge < -0.3 is 4.74 Å². The van der Waals surface area contributed by atoms with E-state index in [-0.39, 0.29) is 12.1 Å². The highest BCUT2D eigenvalue weighted by Gasteiger charge is 2.21. The van der Waals surface area contributed by atoms with Gasteiger partial charge in [-0.05, 0) is 0 Å². The van der Waals surface area contributed by atoms with Gasteiger partial charge in [-0.1, -0.05) is 25.7 Å². The molecule has 2 unspecified atom stereocenters. The van der Waals surface area contributed by atoms with Gasteiger partial charge in [0.1, 0.15) is 6.10 Å². The Kier molecular flexibility index (Phi) is 2.47. The first-order valence-electron chi connectivity index (χ1n) is 3.73. The molecule has 0 N–H and O–H groups in total. The third kappa shape index (κ3) is 1.93. The van der Waals surface area contributed by atoms with Gasteiger partial charge in [-0.25, -0.2) is 4.79 Å². The number of hydrogen-bond acceptors (Lipinski definition) is 2. The van der Waals surface area contributed by atoms with Crippen molar-refractivity contribution in [2.75, 3.05) is 0 Å². The summed E-state index contributed by atoms with van der Waals surface area (Å²) in [6, 6.07) is 0. The molecular weight excluding hydrogens is 140 g/mol. The van der Waals surface area contributed by atoms with Crippen LogP contribution in [0.3, 0.4) is 0 Å². The number of carbonyl (C=O) groups is 1. The Morgan fingerprint density at radius 2 is 2.55 bits per heavy atom. The third-order valence-electron chi connectivity index (χ3n) is 1.83. The largest absolute Gasteiger partial charge is 0.458 e. The molecule has 0 heterocycles. The molecule has 2 atom stereocenters. The van der Waals surface area contributed by atoms with E-state index in [1.807, 2.05) is 13.0 Å². The van der Waals surface area contributed by atoms with Crippen LogP contribution in [0.15, 0.2) is 24.8 Å². The molecule has 0 bridgehead atoms. The third-order valence-corrected chi connectivity index (χ3v) is 1.83. The fourth-order valence-corrected chi connectivity index (χ4v) is 1.12. The van der Waals surface area contributed by atoms with Crippen LogP contribution in [0.2, 0.25) is 0 Å². The summed E-state index contributed by atoms with van der Waals surface area (Å²) in [6.07, 6.45) is 6.15. The first kappa shape index (κ1) is 8.05. The number of hydrogen-bond donors (Lipinski definition) is 0. The lowest BCUT2D eigenvalue weighted by atomic mass is 10.1.